The second kappa shape index (κ2) is 9.00. The second-order valence-corrected chi connectivity index (χ2v) is 10.5. The van der Waals surface area contributed by atoms with Gasteiger partial charge in [0.05, 0.1) is 15.8 Å². The lowest BCUT2D eigenvalue weighted by Gasteiger charge is -2.15. The first-order chi connectivity index (χ1) is 13.8. The van der Waals surface area contributed by atoms with Crippen LogP contribution in [-0.4, -0.2) is 31.2 Å². The molecule has 3 rings (SSSR count). The third kappa shape index (κ3) is 5.19. The number of amides is 2. The zero-order chi connectivity index (χ0) is 21.0. The monoisotopic (exact) mass is 432 g/mol. The van der Waals surface area contributed by atoms with Crippen molar-refractivity contribution in [1.82, 2.24) is 0 Å². The molecule has 2 aromatic carbocycles. The number of aryl methyl sites for hydroxylation is 1. The number of thioether (sulfide) groups is 1. The molecule has 0 radical (unpaired) electrons. The first-order valence-corrected chi connectivity index (χ1v) is 12.0. The number of carbonyl (C=O) groups excluding carboxylic acids is 2. The van der Waals surface area contributed by atoms with Crippen LogP contribution in [0.5, 0.6) is 0 Å². The summed E-state index contributed by atoms with van der Waals surface area (Å²) in [6.45, 7) is 3.57. The molecule has 0 spiro atoms. The Hall–Kier alpha value is -2.32. The number of rotatable bonds is 6. The van der Waals surface area contributed by atoms with Crippen LogP contribution in [0.25, 0.3) is 0 Å². The number of hydrogen-bond donors (Lipinski definition) is 2. The van der Waals surface area contributed by atoms with Gasteiger partial charge < -0.3 is 10.6 Å². The molecule has 2 N–H and O–H groups in total. The molecule has 0 saturated carbocycles. The molecule has 1 heterocycles. The van der Waals surface area contributed by atoms with Crippen molar-refractivity contribution in [2.45, 2.75) is 48.2 Å². The van der Waals surface area contributed by atoms with Gasteiger partial charge in [0.2, 0.25) is 11.8 Å². The van der Waals surface area contributed by atoms with Gasteiger partial charge in [0, 0.05) is 29.2 Å². The third-order valence-electron chi connectivity index (χ3n) is 4.79. The highest BCUT2D eigenvalue weighted by atomic mass is 32.2. The van der Waals surface area contributed by atoms with E-state index in [4.69, 9.17) is 0 Å². The normalized spacial score (nSPS) is 15.0. The van der Waals surface area contributed by atoms with Gasteiger partial charge >= 0.3 is 0 Å². The molecule has 2 aromatic rings. The SMILES string of the molecule is CCc1ccc(NC(=O)C[C@@H](C)S(=O)(=O)c2ccc3c(c2)NC(=O)CCS3)cc1. The molecule has 0 saturated heterocycles. The molecule has 1 aliphatic rings. The summed E-state index contributed by atoms with van der Waals surface area (Å²) in [4.78, 5) is 25.1. The maximum Gasteiger partial charge on any atom is 0.225 e. The van der Waals surface area contributed by atoms with E-state index in [0.717, 1.165) is 16.9 Å². The number of carbonyl (C=O) groups is 2. The van der Waals surface area contributed by atoms with Gasteiger partial charge in [0.25, 0.3) is 0 Å². The maximum absolute atomic E-state index is 13.0. The lowest BCUT2D eigenvalue weighted by atomic mass is 10.1. The number of sulfone groups is 1. The summed E-state index contributed by atoms with van der Waals surface area (Å²) >= 11 is 1.51. The minimum atomic E-state index is -3.72. The quantitative estimate of drug-likeness (QED) is 0.723. The van der Waals surface area contributed by atoms with E-state index in [1.54, 1.807) is 6.07 Å². The van der Waals surface area contributed by atoms with E-state index < -0.39 is 15.1 Å². The number of hydrogen-bond acceptors (Lipinski definition) is 5. The minimum Gasteiger partial charge on any atom is -0.326 e. The molecule has 29 heavy (non-hydrogen) atoms. The predicted molar refractivity (Wildman–Crippen MR) is 116 cm³/mol. The van der Waals surface area contributed by atoms with Gasteiger partial charge in [-0.1, -0.05) is 19.1 Å². The average Bonchev–Trinajstić information content (AvgIpc) is 2.88. The van der Waals surface area contributed by atoms with E-state index in [0.29, 0.717) is 23.5 Å². The first kappa shape index (κ1) is 21.4. The van der Waals surface area contributed by atoms with Crippen LogP contribution in [-0.2, 0) is 25.8 Å². The molecule has 0 bridgehead atoms. The van der Waals surface area contributed by atoms with Crippen LogP contribution in [0.3, 0.4) is 0 Å². The van der Waals surface area contributed by atoms with E-state index in [2.05, 4.69) is 10.6 Å². The van der Waals surface area contributed by atoms with E-state index in [1.807, 2.05) is 31.2 Å². The largest absolute Gasteiger partial charge is 0.326 e. The summed E-state index contributed by atoms with van der Waals surface area (Å²) in [5, 5.41) is 4.60. The summed E-state index contributed by atoms with van der Waals surface area (Å²) in [6.07, 6.45) is 1.14. The van der Waals surface area contributed by atoms with Crippen LogP contribution in [0.15, 0.2) is 52.3 Å². The minimum absolute atomic E-state index is 0.103. The van der Waals surface area contributed by atoms with Gasteiger partial charge in [-0.3, -0.25) is 9.59 Å². The number of fused-ring (bicyclic) bond motifs is 1. The van der Waals surface area contributed by atoms with Gasteiger partial charge in [-0.25, -0.2) is 8.42 Å². The molecule has 8 heteroatoms. The molecule has 1 aliphatic heterocycles. The van der Waals surface area contributed by atoms with Crippen molar-refractivity contribution in [1.29, 1.82) is 0 Å². The molecule has 6 nitrogen and oxygen atoms in total. The zero-order valence-electron chi connectivity index (χ0n) is 16.4. The fourth-order valence-electron chi connectivity index (χ4n) is 3.01. The van der Waals surface area contributed by atoms with Crippen molar-refractivity contribution < 1.29 is 18.0 Å². The Morgan fingerprint density at radius 1 is 1.21 bits per heavy atom. The van der Waals surface area contributed by atoms with Crippen molar-refractivity contribution in [3.8, 4) is 0 Å². The average molecular weight is 433 g/mol. The van der Waals surface area contributed by atoms with Crippen molar-refractivity contribution in [3.05, 3.63) is 48.0 Å². The van der Waals surface area contributed by atoms with Crippen LogP contribution >= 0.6 is 11.8 Å². The summed E-state index contributed by atoms with van der Waals surface area (Å²) in [7, 11) is -3.72. The fraction of sp³-hybridized carbons (Fsp3) is 0.333. The van der Waals surface area contributed by atoms with Crippen LogP contribution in [0.2, 0.25) is 0 Å². The Morgan fingerprint density at radius 3 is 2.62 bits per heavy atom. The standard InChI is InChI=1S/C21H24N2O4S2/c1-3-15-4-6-16(7-5-15)22-21(25)12-14(2)29(26,27)17-8-9-19-18(13-17)23-20(24)10-11-28-19/h4-9,13-14H,3,10-12H2,1-2H3,(H,22,25)(H,23,24)/t14-/m1/s1. The third-order valence-corrected chi connectivity index (χ3v) is 8.00. The van der Waals surface area contributed by atoms with E-state index in [1.165, 1.54) is 30.8 Å². The number of anilines is 2. The Morgan fingerprint density at radius 2 is 1.93 bits per heavy atom. The molecular formula is C21H24N2O4S2. The Bertz CT molecular complexity index is 1020. The highest BCUT2D eigenvalue weighted by molar-refractivity contribution is 7.99. The highest BCUT2D eigenvalue weighted by Gasteiger charge is 2.27. The molecule has 154 valence electrons. The topological polar surface area (TPSA) is 92.3 Å². The maximum atomic E-state index is 13.0. The van der Waals surface area contributed by atoms with Gasteiger partial charge in [0.1, 0.15) is 0 Å². The molecule has 0 aromatic heterocycles. The van der Waals surface area contributed by atoms with Crippen LogP contribution in [0, 0.1) is 0 Å². The summed E-state index contributed by atoms with van der Waals surface area (Å²) in [6, 6.07) is 12.2. The zero-order valence-corrected chi connectivity index (χ0v) is 18.0. The summed E-state index contributed by atoms with van der Waals surface area (Å²) in [5.74, 6) is 0.164. The highest BCUT2D eigenvalue weighted by Crippen LogP contribution is 2.33. The summed E-state index contributed by atoms with van der Waals surface area (Å²) < 4.78 is 25.9. The first-order valence-electron chi connectivity index (χ1n) is 9.49. The molecular weight excluding hydrogens is 408 g/mol. The van der Waals surface area contributed by atoms with Crippen LogP contribution < -0.4 is 10.6 Å². The number of nitrogens with one attached hydrogen (secondary N) is 2. The Labute approximate surface area is 175 Å². The smallest absolute Gasteiger partial charge is 0.225 e. The summed E-state index contributed by atoms with van der Waals surface area (Å²) in [5.41, 5.74) is 2.31. The van der Waals surface area contributed by atoms with Crippen LogP contribution in [0.4, 0.5) is 11.4 Å². The molecule has 2 amide bonds. The lowest BCUT2D eigenvalue weighted by Crippen LogP contribution is -2.25. The van der Waals surface area contributed by atoms with E-state index >= 15 is 0 Å². The second-order valence-electron chi connectivity index (χ2n) is 6.96. The lowest BCUT2D eigenvalue weighted by molar-refractivity contribution is -0.116. The van der Waals surface area contributed by atoms with Crippen molar-refractivity contribution in [2.75, 3.05) is 16.4 Å². The Kier molecular flexibility index (Phi) is 6.64. The van der Waals surface area contributed by atoms with E-state index in [9.17, 15) is 18.0 Å². The fourth-order valence-corrected chi connectivity index (χ4v) is 5.33. The molecule has 0 fully saturated rings. The molecule has 0 aliphatic carbocycles. The van der Waals surface area contributed by atoms with Crippen molar-refractivity contribution in [2.24, 2.45) is 0 Å². The van der Waals surface area contributed by atoms with E-state index in [-0.39, 0.29) is 23.1 Å². The van der Waals surface area contributed by atoms with Gasteiger partial charge in [0.15, 0.2) is 9.84 Å². The van der Waals surface area contributed by atoms with Crippen molar-refractivity contribution >= 4 is 44.8 Å². The van der Waals surface area contributed by atoms with Gasteiger partial charge in [-0.15, -0.1) is 11.8 Å². The predicted octanol–water partition coefficient (Wildman–Crippen LogP) is 3.87. The van der Waals surface area contributed by atoms with Gasteiger partial charge in [-0.2, -0.15) is 0 Å². The van der Waals surface area contributed by atoms with Crippen LogP contribution in [0.1, 0.15) is 32.3 Å². The molecule has 1 atom stereocenters. The molecule has 0 unspecified atom stereocenters. The Balaban J connectivity index is 1.71. The van der Waals surface area contributed by atoms with Crippen molar-refractivity contribution in [3.63, 3.8) is 0 Å². The number of benzene rings is 2. The van der Waals surface area contributed by atoms with Gasteiger partial charge in [-0.05, 0) is 49.2 Å².